The van der Waals surface area contributed by atoms with Crippen LogP contribution in [-0.4, -0.2) is 16.4 Å². The molecule has 0 fully saturated rings. The SMILES string of the molecule is CC(=O)Oc1c(C)sc(=Nc2cccc(C(F)(F)F)c2)n1C(C)=O. The number of hydrogen-bond donors (Lipinski definition) is 0. The monoisotopic (exact) mass is 358 g/mol. The maximum atomic E-state index is 12.8. The van der Waals surface area contributed by atoms with E-state index < -0.39 is 23.6 Å². The Morgan fingerprint density at radius 3 is 2.46 bits per heavy atom. The molecule has 1 aromatic carbocycles. The summed E-state index contributed by atoms with van der Waals surface area (Å²) in [5.41, 5.74) is -0.804. The van der Waals surface area contributed by atoms with Gasteiger partial charge in [-0.1, -0.05) is 17.4 Å². The van der Waals surface area contributed by atoms with E-state index in [4.69, 9.17) is 4.74 Å². The lowest BCUT2D eigenvalue weighted by Crippen LogP contribution is -2.22. The van der Waals surface area contributed by atoms with E-state index in [0.717, 1.165) is 28.0 Å². The number of alkyl halides is 3. The molecule has 1 heterocycles. The molecule has 0 radical (unpaired) electrons. The average Bonchev–Trinajstić information content (AvgIpc) is 2.73. The summed E-state index contributed by atoms with van der Waals surface area (Å²) in [6, 6.07) is 4.43. The Kier molecular flexibility index (Phi) is 4.93. The molecule has 24 heavy (non-hydrogen) atoms. The minimum absolute atomic E-state index is 0.0192. The maximum Gasteiger partial charge on any atom is 0.416 e. The molecular formula is C15H13F3N2O3S. The molecule has 5 nitrogen and oxygen atoms in total. The summed E-state index contributed by atoms with van der Waals surface area (Å²) >= 11 is 1.04. The fourth-order valence-electron chi connectivity index (χ4n) is 1.94. The van der Waals surface area contributed by atoms with E-state index in [1.54, 1.807) is 6.92 Å². The van der Waals surface area contributed by atoms with Gasteiger partial charge in [-0.3, -0.25) is 9.59 Å². The first kappa shape index (κ1) is 17.9. The lowest BCUT2D eigenvalue weighted by Gasteiger charge is -2.07. The first-order chi connectivity index (χ1) is 11.1. The van der Waals surface area contributed by atoms with Gasteiger partial charge >= 0.3 is 12.1 Å². The predicted octanol–water partition coefficient (Wildman–Crippen LogP) is 3.69. The molecule has 9 heteroatoms. The minimum atomic E-state index is -4.49. The van der Waals surface area contributed by atoms with E-state index in [2.05, 4.69) is 4.99 Å². The topological polar surface area (TPSA) is 60.7 Å². The molecular weight excluding hydrogens is 345 g/mol. The van der Waals surface area contributed by atoms with Crippen molar-refractivity contribution in [1.82, 2.24) is 4.57 Å². The van der Waals surface area contributed by atoms with Crippen LogP contribution in [0, 0.1) is 6.92 Å². The molecule has 0 N–H and O–H groups in total. The lowest BCUT2D eigenvalue weighted by atomic mass is 10.2. The van der Waals surface area contributed by atoms with E-state index in [9.17, 15) is 22.8 Å². The first-order valence-electron chi connectivity index (χ1n) is 6.73. The summed E-state index contributed by atoms with van der Waals surface area (Å²) in [5.74, 6) is -1.07. The predicted molar refractivity (Wildman–Crippen MR) is 81.3 cm³/mol. The van der Waals surface area contributed by atoms with Crippen molar-refractivity contribution in [3.05, 3.63) is 39.5 Å². The minimum Gasteiger partial charge on any atom is -0.408 e. The number of nitrogens with zero attached hydrogens (tertiary/aromatic N) is 2. The summed E-state index contributed by atoms with van der Waals surface area (Å²) < 4.78 is 44.4. The summed E-state index contributed by atoms with van der Waals surface area (Å²) in [6.45, 7) is 4.04. The van der Waals surface area contributed by atoms with Crippen LogP contribution in [0.2, 0.25) is 0 Å². The van der Waals surface area contributed by atoms with Crippen LogP contribution in [0.15, 0.2) is 29.3 Å². The Labute approximate surface area is 139 Å². The van der Waals surface area contributed by atoms with Crippen LogP contribution in [0.1, 0.15) is 29.1 Å². The number of thiazole rings is 1. The van der Waals surface area contributed by atoms with Crippen molar-refractivity contribution in [3.8, 4) is 5.88 Å². The summed E-state index contributed by atoms with van der Waals surface area (Å²) in [7, 11) is 0. The van der Waals surface area contributed by atoms with Gasteiger partial charge in [-0.2, -0.15) is 13.2 Å². The van der Waals surface area contributed by atoms with Gasteiger partial charge in [0.15, 0.2) is 4.80 Å². The van der Waals surface area contributed by atoms with Gasteiger partial charge in [0.25, 0.3) is 0 Å². The normalized spacial score (nSPS) is 12.3. The molecule has 0 aliphatic carbocycles. The molecule has 0 aliphatic heterocycles. The largest absolute Gasteiger partial charge is 0.416 e. The Hall–Kier alpha value is -2.42. The van der Waals surface area contributed by atoms with Gasteiger partial charge in [-0.25, -0.2) is 9.56 Å². The fraction of sp³-hybridized carbons (Fsp3) is 0.267. The molecule has 0 aliphatic rings. The van der Waals surface area contributed by atoms with E-state index in [0.29, 0.717) is 4.88 Å². The second kappa shape index (κ2) is 6.60. The standard InChI is InChI=1S/C15H13F3N2O3S/c1-8-13(23-10(3)22)20(9(2)21)14(24-8)19-12-6-4-5-11(7-12)15(16,17)18/h4-7H,1-3H3. The third-order valence-corrected chi connectivity index (χ3v) is 3.83. The number of benzene rings is 1. The Bertz CT molecular complexity index is 866. The highest BCUT2D eigenvalue weighted by Crippen LogP contribution is 2.31. The van der Waals surface area contributed by atoms with E-state index in [1.165, 1.54) is 26.0 Å². The van der Waals surface area contributed by atoms with Gasteiger partial charge < -0.3 is 4.74 Å². The van der Waals surface area contributed by atoms with Gasteiger partial charge in [-0.15, -0.1) is 0 Å². The van der Waals surface area contributed by atoms with Crippen molar-refractivity contribution in [2.75, 3.05) is 0 Å². The molecule has 0 amide bonds. The lowest BCUT2D eigenvalue weighted by molar-refractivity contribution is -0.137. The van der Waals surface area contributed by atoms with E-state index >= 15 is 0 Å². The van der Waals surface area contributed by atoms with Crippen LogP contribution in [0.5, 0.6) is 5.88 Å². The second-order valence-corrected chi connectivity index (χ2v) is 6.04. The number of carbonyl (C=O) groups is 2. The van der Waals surface area contributed by atoms with E-state index in [-0.39, 0.29) is 16.4 Å². The highest BCUT2D eigenvalue weighted by atomic mass is 32.1. The third kappa shape index (κ3) is 3.91. The van der Waals surface area contributed by atoms with Gasteiger partial charge in [0.05, 0.1) is 16.1 Å². The average molecular weight is 358 g/mol. The molecule has 0 unspecified atom stereocenters. The van der Waals surface area contributed by atoms with Crippen LogP contribution >= 0.6 is 11.3 Å². The highest BCUT2D eigenvalue weighted by molar-refractivity contribution is 7.09. The number of aromatic nitrogens is 1. The third-order valence-electron chi connectivity index (χ3n) is 2.89. The fourth-order valence-corrected chi connectivity index (χ4v) is 2.88. The van der Waals surface area contributed by atoms with Crippen molar-refractivity contribution < 1.29 is 27.5 Å². The first-order valence-corrected chi connectivity index (χ1v) is 7.55. The Balaban J connectivity index is 2.62. The van der Waals surface area contributed by atoms with Crippen molar-refractivity contribution in [2.24, 2.45) is 4.99 Å². The Morgan fingerprint density at radius 1 is 1.25 bits per heavy atom. The smallest absolute Gasteiger partial charge is 0.408 e. The zero-order chi connectivity index (χ0) is 18.1. The van der Waals surface area contributed by atoms with E-state index in [1.807, 2.05) is 0 Å². The molecule has 2 aromatic rings. The number of hydrogen-bond acceptors (Lipinski definition) is 5. The number of carbonyl (C=O) groups excluding carboxylic acids is 2. The second-order valence-electron chi connectivity index (χ2n) is 4.85. The molecule has 0 spiro atoms. The zero-order valence-electron chi connectivity index (χ0n) is 13.0. The number of rotatable bonds is 2. The van der Waals surface area contributed by atoms with Crippen molar-refractivity contribution in [3.63, 3.8) is 0 Å². The van der Waals surface area contributed by atoms with Crippen LogP contribution in [0.4, 0.5) is 18.9 Å². The number of halogens is 3. The van der Waals surface area contributed by atoms with Gasteiger partial charge in [0.1, 0.15) is 0 Å². The van der Waals surface area contributed by atoms with Crippen molar-refractivity contribution in [2.45, 2.75) is 26.9 Å². The van der Waals surface area contributed by atoms with Crippen LogP contribution in [0.25, 0.3) is 0 Å². The molecule has 128 valence electrons. The molecule has 0 saturated heterocycles. The molecule has 1 aromatic heterocycles. The molecule has 0 bridgehead atoms. The summed E-state index contributed by atoms with van der Waals surface area (Å²) in [6.07, 6.45) is -4.49. The molecule has 0 atom stereocenters. The van der Waals surface area contributed by atoms with Gasteiger partial charge in [-0.05, 0) is 25.1 Å². The van der Waals surface area contributed by atoms with Gasteiger partial charge in [0, 0.05) is 13.8 Å². The van der Waals surface area contributed by atoms with Crippen molar-refractivity contribution in [1.29, 1.82) is 0 Å². The Morgan fingerprint density at radius 2 is 1.92 bits per heavy atom. The quantitative estimate of drug-likeness (QED) is 0.769. The van der Waals surface area contributed by atoms with Crippen molar-refractivity contribution >= 4 is 28.9 Å². The molecule has 2 rings (SSSR count). The number of ether oxygens (including phenoxy) is 1. The van der Waals surface area contributed by atoms with Crippen LogP contribution in [0.3, 0.4) is 0 Å². The summed E-state index contributed by atoms with van der Waals surface area (Å²) in [5, 5.41) is 0. The van der Waals surface area contributed by atoms with Gasteiger partial charge in [0.2, 0.25) is 11.8 Å². The number of aryl methyl sites for hydroxylation is 1. The van der Waals surface area contributed by atoms with Crippen LogP contribution in [-0.2, 0) is 11.0 Å². The molecule has 0 saturated carbocycles. The summed E-state index contributed by atoms with van der Waals surface area (Å²) in [4.78, 5) is 27.7. The number of esters is 1. The highest BCUT2D eigenvalue weighted by Gasteiger charge is 2.30. The maximum absolute atomic E-state index is 12.8. The zero-order valence-corrected chi connectivity index (χ0v) is 13.8. The van der Waals surface area contributed by atoms with Crippen LogP contribution < -0.4 is 9.54 Å².